The van der Waals surface area contributed by atoms with Gasteiger partial charge in [-0.3, -0.25) is 0 Å². The van der Waals surface area contributed by atoms with Gasteiger partial charge in [0.05, 0.1) is 5.69 Å². The Hall–Kier alpha value is -3.08. The molecule has 0 aliphatic rings. The summed E-state index contributed by atoms with van der Waals surface area (Å²) in [5.41, 5.74) is 5.56. The van der Waals surface area contributed by atoms with E-state index in [1.54, 1.807) is 13.0 Å². The minimum Gasteiger partial charge on any atom is -0.402 e. The van der Waals surface area contributed by atoms with E-state index < -0.39 is 11.6 Å². The number of fused-ring (bicyclic) bond motifs is 1. The molecule has 3 aromatic heterocycles. The van der Waals surface area contributed by atoms with Gasteiger partial charge in [0.1, 0.15) is 22.7 Å². The third kappa shape index (κ3) is 2.65. The van der Waals surface area contributed by atoms with Crippen molar-refractivity contribution in [3.63, 3.8) is 0 Å². The first-order valence-electron chi connectivity index (χ1n) is 7.21. The fourth-order valence-electron chi connectivity index (χ4n) is 2.35. The van der Waals surface area contributed by atoms with Gasteiger partial charge in [-0.1, -0.05) is 26.2 Å². The molecule has 26 heavy (non-hydrogen) atoms. The lowest BCUT2D eigenvalue weighted by molar-refractivity contribution is 0.435. The second kappa shape index (κ2) is 6.02. The molecule has 0 aliphatic heterocycles. The number of pyridine rings is 1. The van der Waals surface area contributed by atoms with Gasteiger partial charge in [-0.15, -0.1) is 5.10 Å². The van der Waals surface area contributed by atoms with E-state index in [2.05, 4.69) is 41.6 Å². The Balaban J connectivity index is 1.95. The molecule has 8 nitrogen and oxygen atoms in total. The molecule has 1 aromatic carbocycles. The Kier molecular flexibility index (Phi) is 3.80. The summed E-state index contributed by atoms with van der Waals surface area (Å²) in [4.78, 5) is 4.28. The minimum atomic E-state index is -0.829. The molecule has 0 bridgehead atoms. The third-order valence-electron chi connectivity index (χ3n) is 3.54. The Morgan fingerprint density at radius 2 is 2.04 bits per heavy atom. The first-order chi connectivity index (χ1) is 12.4. The van der Waals surface area contributed by atoms with Crippen molar-refractivity contribution in [2.45, 2.75) is 6.92 Å². The van der Waals surface area contributed by atoms with Crippen LogP contribution in [-0.4, -0.2) is 20.3 Å². The largest absolute Gasteiger partial charge is 0.402 e. The van der Waals surface area contributed by atoms with Crippen molar-refractivity contribution in [2.24, 2.45) is 0 Å². The maximum absolute atomic E-state index is 15.0. The van der Waals surface area contributed by atoms with Gasteiger partial charge in [-0.25, -0.2) is 13.8 Å². The van der Waals surface area contributed by atoms with Crippen LogP contribution in [-0.2, 0) is 0 Å². The summed E-state index contributed by atoms with van der Waals surface area (Å²) in [7, 11) is 0. The zero-order chi connectivity index (χ0) is 18.4. The van der Waals surface area contributed by atoms with Crippen molar-refractivity contribution in [3.8, 4) is 11.6 Å². The molecule has 132 valence electrons. The quantitative estimate of drug-likeness (QED) is 0.509. The summed E-state index contributed by atoms with van der Waals surface area (Å²) in [6, 6.07) is 4.04. The second-order valence-electron chi connectivity index (χ2n) is 5.29. The highest BCUT2D eigenvalue weighted by atomic mass is 79.9. The highest BCUT2D eigenvalue weighted by molar-refractivity contribution is 9.10. The van der Waals surface area contributed by atoms with Crippen LogP contribution in [0.25, 0.3) is 22.7 Å². The van der Waals surface area contributed by atoms with Gasteiger partial charge in [-0.05, 0) is 25.1 Å². The standard InChI is InChI=1S/C15H9BrF2N6O2/c1-5-10-13(26-24-5)9(18)11(12(21-10)14-22-23-15(19)25-14)20-8-3-2-6(16)4-7(8)17/h2-4,20H,1H3,(H2,19,23). The van der Waals surface area contributed by atoms with Crippen molar-refractivity contribution in [3.05, 3.63) is 40.0 Å². The highest BCUT2D eigenvalue weighted by Crippen LogP contribution is 2.36. The molecule has 0 fully saturated rings. The molecule has 0 unspecified atom stereocenters. The number of rotatable bonds is 3. The van der Waals surface area contributed by atoms with E-state index in [0.29, 0.717) is 10.2 Å². The van der Waals surface area contributed by atoms with Gasteiger partial charge in [0.15, 0.2) is 11.5 Å². The number of aromatic nitrogens is 4. The minimum absolute atomic E-state index is 0.0122. The lowest BCUT2D eigenvalue weighted by Crippen LogP contribution is -2.02. The molecular formula is C15H9BrF2N6O2. The van der Waals surface area contributed by atoms with Crippen LogP contribution in [0.2, 0.25) is 0 Å². The molecule has 4 rings (SSSR count). The van der Waals surface area contributed by atoms with E-state index in [-0.39, 0.29) is 40.1 Å². The average molecular weight is 423 g/mol. The number of aryl methyl sites for hydroxylation is 1. The van der Waals surface area contributed by atoms with E-state index in [1.165, 1.54) is 12.1 Å². The van der Waals surface area contributed by atoms with Crippen LogP contribution in [0.4, 0.5) is 26.2 Å². The zero-order valence-electron chi connectivity index (χ0n) is 13.0. The van der Waals surface area contributed by atoms with E-state index in [9.17, 15) is 4.39 Å². The van der Waals surface area contributed by atoms with Crippen LogP contribution >= 0.6 is 15.9 Å². The zero-order valence-corrected chi connectivity index (χ0v) is 14.6. The summed E-state index contributed by atoms with van der Waals surface area (Å²) in [5, 5.41) is 13.6. The van der Waals surface area contributed by atoms with Gasteiger partial charge < -0.3 is 20.0 Å². The smallest absolute Gasteiger partial charge is 0.313 e. The van der Waals surface area contributed by atoms with Crippen LogP contribution in [0.5, 0.6) is 0 Å². The van der Waals surface area contributed by atoms with Crippen LogP contribution < -0.4 is 11.1 Å². The summed E-state index contributed by atoms with van der Waals surface area (Å²) in [6.07, 6.45) is 0. The fraction of sp³-hybridized carbons (Fsp3) is 0.0667. The van der Waals surface area contributed by atoms with Crippen molar-refractivity contribution in [1.29, 1.82) is 0 Å². The Morgan fingerprint density at radius 3 is 2.73 bits per heavy atom. The second-order valence-corrected chi connectivity index (χ2v) is 6.21. The lowest BCUT2D eigenvalue weighted by atomic mass is 10.2. The van der Waals surface area contributed by atoms with Crippen molar-refractivity contribution < 1.29 is 17.7 Å². The number of nitrogens with one attached hydrogen (secondary N) is 1. The maximum atomic E-state index is 15.0. The first kappa shape index (κ1) is 16.4. The summed E-state index contributed by atoms with van der Waals surface area (Å²) in [6.45, 7) is 1.60. The van der Waals surface area contributed by atoms with Crippen molar-refractivity contribution >= 4 is 44.4 Å². The Bertz CT molecular complexity index is 1140. The normalized spacial score (nSPS) is 11.2. The molecule has 0 saturated carbocycles. The number of hydrogen-bond acceptors (Lipinski definition) is 8. The van der Waals surface area contributed by atoms with Gasteiger partial charge >= 0.3 is 6.01 Å². The number of anilines is 3. The molecule has 0 atom stereocenters. The van der Waals surface area contributed by atoms with Crippen LogP contribution in [0.3, 0.4) is 0 Å². The molecule has 4 aromatic rings. The van der Waals surface area contributed by atoms with E-state index >= 15 is 4.39 Å². The SMILES string of the molecule is Cc1noc2c(F)c(Nc3ccc(Br)cc3F)c(-c3nnc(N)o3)nc12. The number of halogens is 3. The predicted octanol–water partition coefficient (Wildman–Crippen LogP) is 3.95. The molecule has 0 amide bonds. The van der Waals surface area contributed by atoms with E-state index in [0.717, 1.165) is 0 Å². The molecule has 0 saturated heterocycles. The molecule has 3 N–H and O–H groups in total. The van der Waals surface area contributed by atoms with E-state index in [1.807, 2.05) is 0 Å². The monoisotopic (exact) mass is 422 g/mol. The molecule has 0 aliphatic carbocycles. The van der Waals surface area contributed by atoms with Crippen LogP contribution in [0.15, 0.2) is 31.6 Å². The van der Waals surface area contributed by atoms with Crippen molar-refractivity contribution in [2.75, 3.05) is 11.1 Å². The molecule has 11 heteroatoms. The lowest BCUT2D eigenvalue weighted by Gasteiger charge is -2.11. The summed E-state index contributed by atoms with van der Waals surface area (Å²) in [5.74, 6) is -1.57. The highest BCUT2D eigenvalue weighted by Gasteiger charge is 2.25. The number of nitrogens with zero attached hydrogens (tertiary/aromatic N) is 4. The van der Waals surface area contributed by atoms with Gasteiger partial charge in [-0.2, -0.15) is 0 Å². The molecule has 0 spiro atoms. The molecular weight excluding hydrogens is 414 g/mol. The number of nitrogens with two attached hydrogens (primary N) is 1. The fourth-order valence-corrected chi connectivity index (χ4v) is 2.68. The number of benzene rings is 1. The van der Waals surface area contributed by atoms with Crippen molar-refractivity contribution in [1.82, 2.24) is 20.3 Å². The average Bonchev–Trinajstić information content (AvgIpc) is 3.18. The first-order valence-corrected chi connectivity index (χ1v) is 8.00. The number of hydrogen-bond donors (Lipinski definition) is 2. The maximum Gasteiger partial charge on any atom is 0.313 e. The topological polar surface area (TPSA) is 116 Å². The Labute approximate surface area is 152 Å². The van der Waals surface area contributed by atoms with Gasteiger partial charge in [0.2, 0.25) is 5.58 Å². The van der Waals surface area contributed by atoms with Crippen LogP contribution in [0, 0.1) is 18.6 Å². The molecule has 3 heterocycles. The van der Waals surface area contributed by atoms with E-state index in [4.69, 9.17) is 14.7 Å². The number of nitrogen functional groups attached to an aromatic ring is 1. The van der Waals surface area contributed by atoms with Gasteiger partial charge in [0.25, 0.3) is 5.89 Å². The Morgan fingerprint density at radius 1 is 1.23 bits per heavy atom. The summed E-state index contributed by atoms with van der Waals surface area (Å²) >= 11 is 3.16. The van der Waals surface area contributed by atoms with Gasteiger partial charge in [0, 0.05) is 4.47 Å². The van der Waals surface area contributed by atoms with Crippen LogP contribution in [0.1, 0.15) is 5.69 Å². The summed E-state index contributed by atoms with van der Waals surface area (Å²) < 4.78 is 39.9. The predicted molar refractivity (Wildman–Crippen MR) is 91.6 cm³/mol. The third-order valence-corrected chi connectivity index (χ3v) is 4.04. The molecule has 0 radical (unpaired) electrons.